The molecular weight excluding hydrogens is 236 g/mol. The van der Waals surface area contributed by atoms with Gasteiger partial charge >= 0.3 is 0 Å². The molecule has 1 aromatic rings. The van der Waals surface area contributed by atoms with Gasteiger partial charge in [0.05, 0.1) is 6.20 Å². The summed E-state index contributed by atoms with van der Waals surface area (Å²) in [4.78, 5) is 2.62. The molecule has 0 amide bonds. The Morgan fingerprint density at radius 2 is 2.11 bits per heavy atom. The predicted octanol–water partition coefficient (Wildman–Crippen LogP) is 1.77. The van der Waals surface area contributed by atoms with Crippen molar-refractivity contribution in [1.82, 2.24) is 20.0 Å². The monoisotopic (exact) mass is 262 g/mol. The zero-order chi connectivity index (χ0) is 13.7. The summed E-state index contributed by atoms with van der Waals surface area (Å²) in [5.41, 5.74) is 1.83. The van der Waals surface area contributed by atoms with Crippen LogP contribution in [0.25, 0.3) is 0 Å². The normalized spacial score (nSPS) is 31.6. The van der Waals surface area contributed by atoms with Gasteiger partial charge in [-0.25, -0.2) is 0 Å². The summed E-state index contributed by atoms with van der Waals surface area (Å²) < 4.78 is 1.89. The van der Waals surface area contributed by atoms with Crippen LogP contribution in [0.3, 0.4) is 0 Å². The van der Waals surface area contributed by atoms with Gasteiger partial charge in [-0.15, -0.1) is 0 Å². The molecule has 0 spiro atoms. The smallest absolute Gasteiger partial charge is 0.0534 e. The minimum Gasteiger partial charge on any atom is -0.308 e. The molecule has 1 N–H and O–H groups in total. The highest BCUT2D eigenvalue weighted by Gasteiger charge is 2.47. The minimum atomic E-state index is 0.213. The number of nitrogens with one attached hydrogen (secondary N) is 1. The SMILES string of the molecule is Cn1cc(CN2CC(C)(C3CC3)NCC2(C)C)cn1. The lowest BCUT2D eigenvalue weighted by molar-refractivity contribution is 0.0178. The summed E-state index contributed by atoms with van der Waals surface area (Å²) >= 11 is 0. The molecule has 3 rings (SSSR count). The molecule has 0 radical (unpaired) electrons. The van der Waals surface area contributed by atoms with Crippen LogP contribution < -0.4 is 5.32 Å². The van der Waals surface area contributed by atoms with Crippen LogP contribution in [0, 0.1) is 5.92 Å². The van der Waals surface area contributed by atoms with Gasteiger partial charge in [-0.3, -0.25) is 9.58 Å². The molecule has 1 aliphatic heterocycles. The second-order valence-electron chi connectivity index (χ2n) is 7.24. The average Bonchev–Trinajstić information content (AvgIpc) is 3.11. The van der Waals surface area contributed by atoms with E-state index in [0.717, 1.165) is 25.6 Å². The van der Waals surface area contributed by atoms with Crippen LogP contribution in [0.5, 0.6) is 0 Å². The average molecular weight is 262 g/mol. The Balaban J connectivity index is 1.75. The molecule has 1 saturated heterocycles. The van der Waals surface area contributed by atoms with Gasteiger partial charge in [-0.2, -0.15) is 5.10 Å². The quantitative estimate of drug-likeness (QED) is 0.901. The number of hydrogen-bond acceptors (Lipinski definition) is 3. The molecule has 0 aromatic carbocycles. The first-order chi connectivity index (χ1) is 8.89. The van der Waals surface area contributed by atoms with Crippen LogP contribution in [-0.2, 0) is 13.6 Å². The Kier molecular flexibility index (Phi) is 2.98. The van der Waals surface area contributed by atoms with Gasteiger partial charge in [-0.1, -0.05) is 0 Å². The van der Waals surface area contributed by atoms with Gasteiger partial charge in [0.25, 0.3) is 0 Å². The number of nitrogens with zero attached hydrogens (tertiary/aromatic N) is 3. The summed E-state index contributed by atoms with van der Waals surface area (Å²) in [6.45, 7) is 10.3. The molecule has 1 atom stereocenters. The zero-order valence-corrected chi connectivity index (χ0v) is 12.6. The molecule has 2 aliphatic rings. The number of aryl methyl sites for hydroxylation is 1. The molecular formula is C15H26N4. The van der Waals surface area contributed by atoms with Crippen molar-refractivity contribution >= 4 is 0 Å². The number of piperazine rings is 1. The predicted molar refractivity (Wildman–Crippen MR) is 76.8 cm³/mol. The van der Waals surface area contributed by atoms with E-state index in [1.165, 1.54) is 18.4 Å². The van der Waals surface area contributed by atoms with E-state index in [1.54, 1.807) is 0 Å². The van der Waals surface area contributed by atoms with Crippen LogP contribution in [0.1, 0.15) is 39.2 Å². The molecule has 2 heterocycles. The highest BCUT2D eigenvalue weighted by molar-refractivity contribution is 5.10. The van der Waals surface area contributed by atoms with Gasteiger partial charge in [0, 0.05) is 49.5 Å². The van der Waals surface area contributed by atoms with E-state index in [-0.39, 0.29) is 5.54 Å². The van der Waals surface area contributed by atoms with Crippen LogP contribution in [0.15, 0.2) is 12.4 Å². The van der Waals surface area contributed by atoms with E-state index < -0.39 is 0 Å². The fraction of sp³-hybridized carbons (Fsp3) is 0.800. The van der Waals surface area contributed by atoms with Gasteiger partial charge in [-0.05, 0) is 39.5 Å². The van der Waals surface area contributed by atoms with E-state index in [4.69, 9.17) is 0 Å². The Bertz CT molecular complexity index is 460. The van der Waals surface area contributed by atoms with E-state index in [2.05, 4.69) is 42.3 Å². The molecule has 1 aliphatic carbocycles. The second-order valence-corrected chi connectivity index (χ2v) is 7.24. The standard InChI is InChI=1S/C15H26N4/c1-14(2)10-16-15(3,13-5-6-13)11-19(14)9-12-7-17-18(4)8-12/h7-8,13,16H,5-6,9-11H2,1-4H3. The number of hydrogen-bond donors (Lipinski definition) is 1. The first-order valence-corrected chi connectivity index (χ1v) is 7.37. The fourth-order valence-electron chi connectivity index (χ4n) is 3.23. The second kappa shape index (κ2) is 4.32. The van der Waals surface area contributed by atoms with Crippen molar-refractivity contribution in [2.24, 2.45) is 13.0 Å². The first kappa shape index (κ1) is 13.1. The van der Waals surface area contributed by atoms with Crippen LogP contribution in [0.2, 0.25) is 0 Å². The van der Waals surface area contributed by atoms with Crippen LogP contribution in [-0.4, -0.2) is 38.8 Å². The largest absolute Gasteiger partial charge is 0.308 e. The third-order valence-electron chi connectivity index (χ3n) is 4.91. The summed E-state index contributed by atoms with van der Waals surface area (Å²) in [6.07, 6.45) is 6.91. The lowest BCUT2D eigenvalue weighted by atomic mass is 9.86. The van der Waals surface area contributed by atoms with Gasteiger partial charge < -0.3 is 5.32 Å². The minimum absolute atomic E-state index is 0.213. The molecule has 1 unspecified atom stereocenters. The van der Waals surface area contributed by atoms with E-state index in [0.29, 0.717) is 5.54 Å². The molecule has 106 valence electrons. The molecule has 1 aromatic heterocycles. The van der Waals surface area contributed by atoms with Crippen molar-refractivity contribution in [2.45, 2.75) is 51.2 Å². The Morgan fingerprint density at radius 3 is 2.68 bits per heavy atom. The molecule has 2 fully saturated rings. The molecule has 4 nitrogen and oxygen atoms in total. The van der Waals surface area contributed by atoms with Crippen LogP contribution in [0.4, 0.5) is 0 Å². The Hall–Kier alpha value is -0.870. The maximum absolute atomic E-state index is 4.29. The third-order valence-corrected chi connectivity index (χ3v) is 4.91. The fourth-order valence-corrected chi connectivity index (χ4v) is 3.23. The molecule has 1 saturated carbocycles. The zero-order valence-electron chi connectivity index (χ0n) is 12.6. The number of rotatable bonds is 3. The summed E-state index contributed by atoms with van der Waals surface area (Å²) in [6, 6.07) is 0. The highest BCUT2D eigenvalue weighted by Crippen LogP contribution is 2.42. The maximum Gasteiger partial charge on any atom is 0.0534 e. The summed E-state index contributed by atoms with van der Waals surface area (Å²) in [5, 5.41) is 8.09. The van der Waals surface area contributed by atoms with Gasteiger partial charge in [0.15, 0.2) is 0 Å². The Morgan fingerprint density at radius 1 is 1.37 bits per heavy atom. The van der Waals surface area contributed by atoms with E-state index in [9.17, 15) is 0 Å². The molecule has 19 heavy (non-hydrogen) atoms. The Labute approximate surface area is 116 Å². The maximum atomic E-state index is 4.29. The van der Waals surface area contributed by atoms with E-state index in [1.807, 2.05) is 17.9 Å². The summed E-state index contributed by atoms with van der Waals surface area (Å²) in [5.74, 6) is 0.875. The van der Waals surface area contributed by atoms with Crippen molar-refractivity contribution in [3.63, 3.8) is 0 Å². The molecule has 0 bridgehead atoms. The lowest BCUT2D eigenvalue weighted by Crippen LogP contribution is -2.67. The van der Waals surface area contributed by atoms with Crippen molar-refractivity contribution in [3.05, 3.63) is 18.0 Å². The number of aromatic nitrogens is 2. The third kappa shape index (κ3) is 2.56. The van der Waals surface area contributed by atoms with Crippen molar-refractivity contribution in [1.29, 1.82) is 0 Å². The lowest BCUT2D eigenvalue weighted by Gasteiger charge is -2.51. The van der Waals surface area contributed by atoms with Crippen LogP contribution >= 0.6 is 0 Å². The van der Waals surface area contributed by atoms with Crippen molar-refractivity contribution < 1.29 is 0 Å². The van der Waals surface area contributed by atoms with Gasteiger partial charge in [0.1, 0.15) is 0 Å². The molecule has 4 heteroatoms. The van der Waals surface area contributed by atoms with E-state index >= 15 is 0 Å². The summed E-state index contributed by atoms with van der Waals surface area (Å²) in [7, 11) is 1.99. The topological polar surface area (TPSA) is 33.1 Å². The highest BCUT2D eigenvalue weighted by atomic mass is 15.3. The van der Waals surface area contributed by atoms with Crippen molar-refractivity contribution in [3.8, 4) is 0 Å². The van der Waals surface area contributed by atoms with Gasteiger partial charge in [0.2, 0.25) is 0 Å². The first-order valence-electron chi connectivity index (χ1n) is 7.37. The van der Waals surface area contributed by atoms with Crippen molar-refractivity contribution in [2.75, 3.05) is 13.1 Å².